The number of amides is 1. The zero-order valence-corrected chi connectivity index (χ0v) is 13.8. The first-order valence-electron chi connectivity index (χ1n) is 8.56. The number of ether oxygens (including phenoxy) is 1. The van der Waals surface area contributed by atoms with E-state index in [0.717, 1.165) is 30.8 Å². The number of nitrogens with one attached hydrogen (secondary N) is 2. The van der Waals surface area contributed by atoms with E-state index in [1.54, 1.807) is 0 Å². The van der Waals surface area contributed by atoms with E-state index in [9.17, 15) is 4.79 Å². The van der Waals surface area contributed by atoms with Crippen LogP contribution in [-0.4, -0.2) is 25.1 Å². The first kappa shape index (κ1) is 15.2. The largest absolute Gasteiger partial charge is 0.490 e. The first-order valence-corrected chi connectivity index (χ1v) is 8.56. The predicted molar refractivity (Wildman–Crippen MR) is 93.9 cm³/mol. The lowest BCUT2D eigenvalue weighted by Gasteiger charge is -2.25. The fourth-order valence-corrected chi connectivity index (χ4v) is 3.22. The minimum Gasteiger partial charge on any atom is -0.490 e. The molecule has 1 unspecified atom stereocenters. The van der Waals surface area contributed by atoms with Gasteiger partial charge in [-0.25, -0.2) is 0 Å². The summed E-state index contributed by atoms with van der Waals surface area (Å²) in [5.74, 6) is 1.29. The molecule has 2 aliphatic heterocycles. The number of carbonyl (C=O) groups excluding carboxylic acids is 1. The average molecular weight is 322 g/mol. The van der Waals surface area contributed by atoms with Gasteiger partial charge in [-0.1, -0.05) is 30.3 Å². The topological polar surface area (TPSA) is 50.4 Å². The van der Waals surface area contributed by atoms with Crippen LogP contribution in [0.15, 0.2) is 42.5 Å². The van der Waals surface area contributed by atoms with Crippen LogP contribution in [0.4, 0.5) is 0 Å². The molecule has 2 heterocycles. The summed E-state index contributed by atoms with van der Waals surface area (Å²) in [5, 5.41) is 6.12. The van der Waals surface area contributed by atoms with Crippen molar-refractivity contribution in [3.63, 3.8) is 0 Å². The van der Waals surface area contributed by atoms with Gasteiger partial charge in [0.05, 0.1) is 5.92 Å². The zero-order chi connectivity index (χ0) is 16.5. The summed E-state index contributed by atoms with van der Waals surface area (Å²) in [5.41, 5.74) is 4.81. The van der Waals surface area contributed by atoms with Crippen molar-refractivity contribution in [1.29, 1.82) is 0 Å². The van der Waals surface area contributed by atoms with Crippen molar-refractivity contribution >= 4 is 5.91 Å². The van der Waals surface area contributed by atoms with Gasteiger partial charge in [-0.05, 0) is 41.3 Å². The maximum Gasteiger partial charge on any atom is 0.225 e. The van der Waals surface area contributed by atoms with Crippen LogP contribution in [0, 0.1) is 5.92 Å². The molecule has 124 valence electrons. The summed E-state index contributed by atoms with van der Waals surface area (Å²) >= 11 is 0. The highest BCUT2D eigenvalue weighted by atomic mass is 16.5. The van der Waals surface area contributed by atoms with Crippen molar-refractivity contribution in [1.82, 2.24) is 10.6 Å². The highest BCUT2D eigenvalue weighted by Crippen LogP contribution is 2.32. The second-order valence-corrected chi connectivity index (χ2v) is 6.72. The Morgan fingerprint density at radius 3 is 2.62 bits per heavy atom. The first-order chi connectivity index (χ1) is 11.7. The Hall–Kier alpha value is -2.33. The molecular formula is C20H22N2O2. The number of hydrogen-bond donors (Lipinski definition) is 2. The van der Waals surface area contributed by atoms with E-state index in [-0.39, 0.29) is 17.9 Å². The summed E-state index contributed by atoms with van der Waals surface area (Å²) in [7, 11) is 0. The lowest BCUT2D eigenvalue weighted by Crippen LogP contribution is -2.50. The van der Waals surface area contributed by atoms with Crippen molar-refractivity contribution in [2.45, 2.75) is 26.0 Å². The molecule has 1 atom stereocenters. The Kier molecular flexibility index (Phi) is 3.98. The maximum absolute atomic E-state index is 11.9. The fraction of sp³-hybridized carbons (Fsp3) is 0.350. The van der Waals surface area contributed by atoms with E-state index in [4.69, 9.17) is 4.74 Å². The molecule has 4 heteroatoms. The van der Waals surface area contributed by atoms with E-state index < -0.39 is 0 Å². The van der Waals surface area contributed by atoms with Gasteiger partial charge < -0.3 is 15.4 Å². The number of fused-ring (bicyclic) bond motifs is 1. The van der Waals surface area contributed by atoms with E-state index in [0.29, 0.717) is 6.54 Å². The molecule has 4 rings (SSSR count). The lowest BCUT2D eigenvalue weighted by molar-refractivity contribution is -0.126. The van der Waals surface area contributed by atoms with Gasteiger partial charge in [-0.3, -0.25) is 4.79 Å². The number of hydrogen-bond acceptors (Lipinski definition) is 3. The third-order valence-corrected chi connectivity index (χ3v) is 4.80. The van der Waals surface area contributed by atoms with Crippen LogP contribution in [0.25, 0.3) is 11.1 Å². The molecule has 1 amide bonds. The minimum absolute atomic E-state index is 0.139. The summed E-state index contributed by atoms with van der Waals surface area (Å²) in [6.07, 6.45) is 1.25. The summed E-state index contributed by atoms with van der Waals surface area (Å²) in [4.78, 5) is 11.9. The van der Waals surface area contributed by atoms with E-state index in [2.05, 4.69) is 60.0 Å². The highest BCUT2D eigenvalue weighted by Gasteiger charge is 2.24. The maximum atomic E-state index is 11.9. The standard InChI is InChI=1S/C20H22N2O2/c1-13-8-17-9-16(6-7-19(17)24-13)15-4-2-14(3-5-15)10-22-20(23)18-11-21-12-18/h2-7,9,13,18,21H,8,10-12H2,1H3,(H,22,23). The minimum atomic E-state index is 0.139. The van der Waals surface area contributed by atoms with E-state index in [1.807, 2.05) is 0 Å². The zero-order valence-electron chi connectivity index (χ0n) is 13.8. The Morgan fingerprint density at radius 1 is 1.17 bits per heavy atom. The van der Waals surface area contributed by atoms with Crippen LogP contribution in [0.3, 0.4) is 0 Å². The van der Waals surface area contributed by atoms with Crippen LogP contribution in [-0.2, 0) is 17.8 Å². The van der Waals surface area contributed by atoms with Crippen molar-refractivity contribution in [3.8, 4) is 16.9 Å². The van der Waals surface area contributed by atoms with Crippen molar-refractivity contribution in [2.75, 3.05) is 13.1 Å². The normalized spacial score (nSPS) is 19.3. The van der Waals surface area contributed by atoms with Gasteiger partial charge in [0, 0.05) is 26.1 Å². The molecule has 1 fully saturated rings. The number of carbonyl (C=O) groups is 1. The quantitative estimate of drug-likeness (QED) is 0.909. The fourth-order valence-electron chi connectivity index (χ4n) is 3.22. The van der Waals surface area contributed by atoms with Crippen LogP contribution < -0.4 is 15.4 Å². The van der Waals surface area contributed by atoms with Gasteiger partial charge in [0.1, 0.15) is 11.9 Å². The average Bonchev–Trinajstić information content (AvgIpc) is 2.91. The third kappa shape index (κ3) is 3.02. The van der Waals surface area contributed by atoms with Gasteiger partial charge >= 0.3 is 0 Å². The van der Waals surface area contributed by atoms with Crippen LogP contribution >= 0.6 is 0 Å². The third-order valence-electron chi connectivity index (χ3n) is 4.80. The van der Waals surface area contributed by atoms with Crippen molar-refractivity contribution in [2.24, 2.45) is 5.92 Å². The summed E-state index contributed by atoms with van der Waals surface area (Å²) in [6, 6.07) is 14.8. The smallest absolute Gasteiger partial charge is 0.225 e. The molecule has 2 aromatic carbocycles. The number of benzene rings is 2. The molecule has 0 saturated carbocycles. The predicted octanol–water partition coefficient (Wildman–Crippen LogP) is 2.51. The molecular weight excluding hydrogens is 300 g/mol. The SMILES string of the molecule is CC1Cc2cc(-c3ccc(CNC(=O)C4CNC4)cc3)ccc2O1. The van der Waals surface area contributed by atoms with Crippen molar-refractivity contribution < 1.29 is 9.53 Å². The molecule has 4 nitrogen and oxygen atoms in total. The molecule has 2 aliphatic rings. The molecule has 1 saturated heterocycles. The molecule has 0 aliphatic carbocycles. The Labute approximate surface area is 142 Å². The van der Waals surface area contributed by atoms with Gasteiger partial charge in [-0.15, -0.1) is 0 Å². The molecule has 0 aromatic heterocycles. The molecule has 2 N–H and O–H groups in total. The van der Waals surface area contributed by atoms with Crippen LogP contribution in [0.5, 0.6) is 5.75 Å². The molecule has 24 heavy (non-hydrogen) atoms. The van der Waals surface area contributed by atoms with Gasteiger partial charge in [-0.2, -0.15) is 0 Å². The summed E-state index contributed by atoms with van der Waals surface area (Å²) < 4.78 is 5.76. The van der Waals surface area contributed by atoms with Gasteiger partial charge in [0.25, 0.3) is 0 Å². The van der Waals surface area contributed by atoms with Crippen LogP contribution in [0.1, 0.15) is 18.1 Å². The molecule has 0 radical (unpaired) electrons. The second-order valence-electron chi connectivity index (χ2n) is 6.72. The van der Waals surface area contributed by atoms with E-state index in [1.165, 1.54) is 16.7 Å². The lowest BCUT2D eigenvalue weighted by atomic mass is 10.00. The number of rotatable bonds is 4. The van der Waals surface area contributed by atoms with E-state index >= 15 is 0 Å². The molecule has 2 aromatic rings. The molecule has 0 spiro atoms. The van der Waals surface area contributed by atoms with Gasteiger partial charge in [0.15, 0.2) is 0 Å². The van der Waals surface area contributed by atoms with Crippen LogP contribution in [0.2, 0.25) is 0 Å². The molecule has 0 bridgehead atoms. The second kappa shape index (κ2) is 6.29. The van der Waals surface area contributed by atoms with Crippen molar-refractivity contribution in [3.05, 3.63) is 53.6 Å². The summed E-state index contributed by atoms with van der Waals surface area (Å²) in [6.45, 7) is 4.28. The Bertz CT molecular complexity index is 751. The van der Waals surface area contributed by atoms with Gasteiger partial charge in [0.2, 0.25) is 5.91 Å². The highest BCUT2D eigenvalue weighted by molar-refractivity contribution is 5.80. The monoisotopic (exact) mass is 322 g/mol. The Morgan fingerprint density at radius 2 is 1.92 bits per heavy atom. The Balaban J connectivity index is 1.42.